The number of piperidine rings is 1. The second-order valence-electron chi connectivity index (χ2n) is 3.54. The molecule has 1 aliphatic heterocycles. The minimum absolute atomic E-state index is 0.487. The summed E-state index contributed by atoms with van der Waals surface area (Å²) in [4.78, 5) is 11.9. The van der Waals surface area contributed by atoms with Gasteiger partial charge in [-0.3, -0.25) is 0 Å². The highest BCUT2D eigenvalue weighted by atomic mass is 16.4. The van der Waals surface area contributed by atoms with Crippen LogP contribution in [-0.2, 0) is 0 Å². The van der Waals surface area contributed by atoms with E-state index in [0.717, 1.165) is 0 Å². The molecule has 1 saturated carbocycles. The first kappa shape index (κ1) is 7.41. The summed E-state index contributed by atoms with van der Waals surface area (Å²) in [5.74, 6) is 1.46. The smallest absolute Gasteiger partial charge is 0.407 e. The molecule has 2 rings (SSSR count). The molecule has 4 nitrogen and oxygen atoms in total. The fourth-order valence-electron chi connectivity index (χ4n) is 2.21. The van der Waals surface area contributed by atoms with Crippen molar-refractivity contribution in [2.45, 2.75) is 6.42 Å². The summed E-state index contributed by atoms with van der Waals surface area (Å²) < 4.78 is 0. The molecule has 1 N–H and O–H groups in total. The second kappa shape index (κ2) is 2.37. The van der Waals surface area contributed by atoms with Crippen LogP contribution in [0.1, 0.15) is 6.42 Å². The molecule has 1 saturated heterocycles. The van der Waals surface area contributed by atoms with Gasteiger partial charge < -0.3 is 10.0 Å². The normalized spacial score (nSPS) is 37.2. The molecule has 1 heterocycles. The van der Waals surface area contributed by atoms with Gasteiger partial charge in [-0.25, -0.2) is 4.79 Å². The number of likely N-dealkylation sites (tertiary alicyclic amines) is 1. The van der Waals surface area contributed by atoms with Crippen molar-refractivity contribution in [1.29, 1.82) is 5.26 Å². The van der Waals surface area contributed by atoms with Gasteiger partial charge in [0.05, 0.1) is 6.07 Å². The number of nitrogens with zero attached hydrogens (tertiary/aromatic N) is 2. The van der Waals surface area contributed by atoms with Crippen LogP contribution in [-0.4, -0.2) is 29.2 Å². The molecular formula is C8H10N2O2. The number of fused-ring (bicyclic) bond motifs is 1. The second-order valence-corrected chi connectivity index (χ2v) is 3.54. The number of carboxylic acid groups (broad SMARTS) is 1. The molecule has 4 heteroatoms. The maximum absolute atomic E-state index is 10.5. The Kier molecular flexibility index (Phi) is 1.47. The van der Waals surface area contributed by atoms with E-state index in [2.05, 4.69) is 6.07 Å². The van der Waals surface area contributed by atoms with E-state index < -0.39 is 6.09 Å². The molecule has 2 aliphatic rings. The Labute approximate surface area is 70.4 Å². The van der Waals surface area contributed by atoms with Gasteiger partial charge in [-0.1, -0.05) is 0 Å². The number of hydrogen-bond acceptors (Lipinski definition) is 2. The summed E-state index contributed by atoms with van der Waals surface area (Å²) in [6.07, 6.45) is -0.221. The third-order valence-corrected chi connectivity index (χ3v) is 2.97. The fourth-order valence-corrected chi connectivity index (χ4v) is 2.21. The van der Waals surface area contributed by atoms with E-state index in [1.165, 1.54) is 4.90 Å². The van der Waals surface area contributed by atoms with E-state index in [1.54, 1.807) is 0 Å². The highest BCUT2D eigenvalue weighted by molar-refractivity contribution is 5.65. The highest BCUT2D eigenvalue weighted by Gasteiger charge is 2.56. The maximum atomic E-state index is 10.5. The van der Waals surface area contributed by atoms with Gasteiger partial charge >= 0.3 is 6.09 Å². The summed E-state index contributed by atoms with van der Waals surface area (Å²) in [6, 6.07) is 2.14. The average molecular weight is 166 g/mol. The van der Waals surface area contributed by atoms with Crippen molar-refractivity contribution < 1.29 is 9.90 Å². The molecule has 64 valence electrons. The monoisotopic (exact) mass is 166 g/mol. The number of hydrogen-bond donors (Lipinski definition) is 1. The lowest BCUT2D eigenvalue weighted by Crippen LogP contribution is -2.29. The van der Waals surface area contributed by atoms with E-state index in [0.29, 0.717) is 37.3 Å². The van der Waals surface area contributed by atoms with Crippen LogP contribution in [0.15, 0.2) is 0 Å². The van der Waals surface area contributed by atoms with E-state index in [-0.39, 0.29) is 0 Å². The number of amides is 1. The predicted molar refractivity (Wildman–Crippen MR) is 40.3 cm³/mol. The first-order valence-corrected chi connectivity index (χ1v) is 4.09. The van der Waals surface area contributed by atoms with Crippen LogP contribution in [0.25, 0.3) is 0 Å². The molecule has 0 unspecified atom stereocenters. The zero-order chi connectivity index (χ0) is 8.72. The quantitative estimate of drug-likeness (QED) is 0.625. The first-order valence-electron chi connectivity index (χ1n) is 4.09. The van der Waals surface area contributed by atoms with Gasteiger partial charge in [0, 0.05) is 19.5 Å². The van der Waals surface area contributed by atoms with Crippen molar-refractivity contribution in [2.24, 2.45) is 17.8 Å². The van der Waals surface area contributed by atoms with Crippen LogP contribution in [0.3, 0.4) is 0 Å². The van der Waals surface area contributed by atoms with Gasteiger partial charge in [0.15, 0.2) is 0 Å². The molecule has 1 amide bonds. The zero-order valence-electron chi connectivity index (χ0n) is 6.60. The van der Waals surface area contributed by atoms with Crippen molar-refractivity contribution >= 4 is 6.09 Å². The Morgan fingerprint density at radius 2 is 2.17 bits per heavy atom. The van der Waals surface area contributed by atoms with Gasteiger partial charge in [0.1, 0.15) is 0 Å². The Morgan fingerprint density at radius 1 is 1.58 bits per heavy atom. The topological polar surface area (TPSA) is 64.3 Å². The van der Waals surface area contributed by atoms with Crippen LogP contribution in [0.2, 0.25) is 0 Å². The van der Waals surface area contributed by atoms with Crippen molar-refractivity contribution in [2.75, 3.05) is 13.1 Å². The lowest BCUT2D eigenvalue weighted by Gasteiger charge is -2.14. The van der Waals surface area contributed by atoms with E-state index in [4.69, 9.17) is 10.4 Å². The van der Waals surface area contributed by atoms with Crippen molar-refractivity contribution in [1.82, 2.24) is 4.90 Å². The van der Waals surface area contributed by atoms with Crippen LogP contribution < -0.4 is 0 Å². The number of carbonyl (C=O) groups is 1. The van der Waals surface area contributed by atoms with Crippen LogP contribution in [0.4, 0.5) is 4.79 Å². The summed E-state index contributed by atoms with van der Waals surface area (Å²) in [5, 5.41) is 17.1. The van der Waals surface area contributed by atoms with Crippen molar-refractivity contribution in [3.05, 3.63) is 0 Å². The van der Waals surface area contributed by atoms with Crippen LogP contribution in [0, 0.1) is 29.1 Å². The lowest BCUT2D eigenvalue weighted by atomic mass is 10.2. The molecule has 0 spiro atoms. The SMILES string of the molecule is N#CC[C@@H]1[C@H]2CN(C(=O)O)C[C@@H]12. The summed E-state index contributed by atoms with van der Waals surface area (Å²) >= 11 is 0. The third kappa shape index (κ3) is 0.934. The minimum Gasteiger partial charge on any atom is -0.465 e. The predicted octanol–water partition coefficient (Wildman–Crippen LogP) is 0.756. The van der Waals surface area contributed by atoms with Gasteiger partial charge in [-0.2, -0.15) is 5.26 Å². The molecule has 1 aliphatic carbocycles. The number of rotatable bonds is 1. The molecule has 2 fully saturated rings. The van der Waals surface area contributed by atoms with E-state index in [9.17, 15) is 4.79 Å². The van der Waals surface area contributed by atoms with E-state index >= 15 is 0 Å². The third-order valence-electron chi connectivity index (χ3n) is 2.97. The van der Waals surface area contributed by atoms with Crippen molar-refractivity contribution in [3.8, 4) is 6.07 Å². The molecule has 12 heavy (non-hydrogen) atoms. The van der Waals surface area contributed by atoms with Gasteiger partial charge in [-0.15, -0.1) is 0 Å². The van der Waals surface area contributed by atoms with Gasteiger partial charge in [-0.05, 0) is 17.8 Å². The van der Waals surface area contributed by atoms with E-state index in [1.807, 2.05) is 0 Å². The summed E-state index contributed by atoms with van der Waals surface area (Å²) in [6.45, 7) is 1.29. The first-order chi connectivity index (χ1) is 5.74. The van der Waals surface area contributed by atoms with Gasteiger partial charge in [0.25, 0.3) is 0 Å². The molecule has 3 atom stereocenters. The molecule has 0 bridgehead atoms. The number of nitriles is 1. The Morgan fingerprint density at radius 3 is 2.58 bits per heavy atom. The largest absolute Gasteiger partial charge is 0.465 e. The average Bonchev–Trinajstić information content (AvgIpc) is 2.51. The Balaban J connectivity index is 1.87. The highest BCUT2D eigenvalue weighted by Crippen LogP contribution is 2.53. The standard InChI is InChI=1S/C8H10N2O2/c9-2-1-5-6-3-10(8(11)12)4-7(5)6/h5-7H,1,3-4H2,(H,11,12)/t5-,6-,7+. The summed E-state index contributed by atoms with van der Waals surface area (Å²) in [7, 11) is 0. The maximum Gasteiger partial charge on any atom is 0.407 e. The van der Waals surface area contributed by atoms with Crippen molar-refractivity contribution in [3.63, 3.8) is 0 Å². The fraction of sp³-hybridized carbons (Fsp3) is 0.750. The molecule has 0 aromatic rings. The molecule has 0 radical (unpaired) electrons. The zero-order valence-corrected chi connectivity index (χ0v) is 6.60. The van der Waals surface area contributed by atoms with Crippen LogP contribution >= 0.6 is 0 Å². The Hall–Kier alpha value is -1.24. The summed E-state index contributed by atoms with van der Waals surface area (Å²) in [5.41, 5.74) is 0. The molecular weight excluding hydrogens is 156 g/mol. The van der Waals surface area contributed by atoms with Crippen LogP contribution in [0.5, 0.6) is 0 Å². The molecule has 0 aromatic heterocycles. The lowest BCUT2D eigenvalue weighted by molar-refractivity contribution is 0.148. The minimum atomic E-state index is -0.821. The Bertz CT molecular complexity index is 246. The van der Waals surface area contributed by atoms with Gasteiger partial charge in [0.2, 0.25) is 0 Å². The molecule has 0 aromatic carbocycles.